The second-order valence-corrected chi connectivity index (χ2v) is 8.60. The molecule has 4 aromatic rings. The van der Waals surface area contributed by atoms with Crippen LogP contribution in [0.2, 0.25) is 0 Å². The molecule has 0 saturated carbocycles. The first kappa shape index (κ1) is 24.0. The van der Waals surface area contributed by atoms with Crippen molar-refractivity contribution in [1.82, 2.24) is 9.99 Å². The first-order valence-electron chi connectivity index (χ1n) is 10.8. The molecule has 3 amide bonds. The Labute approximate surface area is 210 Å². The summed E-state index contributed by atoms with van der Waals surface area (Å²) in [5, 5.41) is 6.13. The number of aromatic nitrogens is 1. The van der Waals surface area contributed by atoms with Crippen molar-refractivity contribution in [2.45, 2.75) is 6.42 Å². The number of carbonyl (C=O) groups is 3. The van der Waals surface area contributed by atoms with Gasteiger partial charge in [0.05, 0.1) is 12.6 Å². The van der Waals surface area contributed by atoms with Gasteiger partial charge < -0.3 is 15.4 Å². The maximum Gasteiger partial charge on any atom is 0.328 e. The van der Waals surface area contributed by atoms with Crippen molar-refractivity contribution in [2.75, 3.05) is 24.4 Å². The Kier molecular flexibility index (Phi) is 7.47. The number of ether oxygens (including phenoxy) is 1. The summed E-state index contributed by atoms with van der Waals surface area (Å²) in [4.78, 5) is 38.2. The van der Waals surface area contributed by atoms with Crippen molar-refractivity contribution < 1.29 is 19.1 Å². The van der Waals surface area contributed by atoms with E-state index in [1.54, 1.807) is 49.6 Å². The first-order chi connectivity index (χ1) is 16.9. The lowest BCUT2D eigenvalue weighted by Crippen LogP contribution is -2.40. The van der Waals surface area contributed by atoms with Gasteiger partial charge in [0.1, 0.15) is 11.4 Å². The topological polar surface area (TPSA) is 101 Å². The maximum absolute atomic E-state index is 13.1. The third kappa shape index (κ3) is 5.88. The van der Waals surface area contributed by atoms with Crippen LogP contribution in [-0.4, -0.2) is 36.1 Å². The van der Waals surface area contributed by atoms with E-state index in [2.05, 4.69) is 32.0 Å². The molecule has 0 aliphatic carbocycles. The molecule has 4 rings (SSSR count). The zero-order chi connectivity index (χ0) is 24.8. The van der Waals surface area contributed by atoms with Gasteiger partial charge in [0, 0.05) is 22.1 Å². The van der Waals surface area contributed by atoms with Gasteiger partial charge >= 0.3 is 11.8 Å². The number of anilines is 1. The fourth-order valence-electron chi connectivity index (χ4n) is 3.54. The highest BCUT2D eigenvalue weighted by Crippen LogP contribution is 2.24. The van der Waals surface area contributed by atoms with Gasteiger partial charge in [-0.2, -0.15) is 0 Å². The summed E-state index contributed by atoms with van der Waals surface area (Å²) in [6.45, 7) is 0.306. The van der Waals surface area contributed by atoms with E-state index in [1.807, 2.05) is 36.4 Å². The average molecular weight is 535 g/mol. The highest BCUT2D eigenvalue weighted by Gasteiger charge is 2.21. The molecule has 0 aliphatic heterocycles. The molecule has 1 aromatic heterocycles. The second-order valence-electron chi connectivity index (χ2n) is 7.68. The van der Waals surface area contributed by atoms with E-state index in [0.29, 0.717) is 35.3 Å². The summed E-state index contributed by atoms with van der Waals surface area (Å²) in [7, 11) is 1.56. The highest BCUT2D eigenvalue weighted by atomic mass is 79.9. The molecule has 0 bridgehead atoms. The number of carbonyl (C=O) groups excluding carboxylic acids is 3. The largest absolute Gasteiger partial charge is 0.497 e. The van der Waals surface area contributed by atoms with Gasteiger partial charge in [-0.15, -0.1) is 0 Å². The molecule has 0 radical (unpaired) electrons. The van der Waals surface area contributed by atoms with Crippen LogP contribution in [0.5, 0.6) is 5.75 Å². The van der Waals surface area contributed by atoms with Crippen LogP contribution in [0.4, 0.5) is 5.69 Å². The Bertz CT molecular complexity index is 1370. The van der Waals surface area contributed by atoms with Crippen LogP contribution < -0.4 is 20.8 Å². The summed E-state index contributed by atoms with van der Waals surface area (Å²) in [6.07, 6.45) is 0.593. The van der Waals surface area contributed by atoms with E-state index in [0.717, 1.165) is 10.0 Å². The van der Waals surface area contributed by atoms with Gasteiger partial charge in [-0.1, -0.05) is 46.3 Å². The Hall–Kier alpha value is -4.11. The summed E-state index contributed by atoms with van der Waals surface area (Å²) >= 11 is 3.42. The standard InChI is InChI=1S/C26H23BrN4O4/c1-35-21-10-8-20(9-11-21)29-24(32)23-16-18-15-19(27)7-12-22(18)31(23)30-26(34)25(33)28-14-13-17-5-3-2-4-6-17/h2-12,15-16H,13-14H2,1H3,(H,28,33)(H,29,32)(H,30,34). The summed E-state index contributed by atoms with van der Waals surface area (Å²) in [5.74, 6) is -1.46. The Morgan fingerprint density at radius 2 is 1.66 bits per heavy atom. The molecule has 35 heavy (non-hydrogen) atoms. The second kappa shape index (κ2) is 10.9. The number of hydrogen-bond donors (Lipinski definition) is 3. The number of halogens is 1. The van der Waals surface area contributed by atoms with Crippen molar-refractivity contribution in [3.63, 3.8) is 0 Å². The van der Waals surface area contributed by atoms with Gasteiger partial charge in [0.25, 0.3) is 5.91 Å². The zero-order valence-corrected chi connectivity index (χ0v) is 20.5. The molecular weight excluding hydrogens is 512 g/mol. The lowest BCUT2D eigenvalue weighted by atomic mass is 10.1. The van der Waals surface area contributed by atoms with Crippen molar-refractivity contribution in [3.05, 3.63) is 94.6 Å². The molecule has 3 aromatic carbocycles. The minimum absolute atomic E-state index is 0.166. The Morgan fingerprint density at radius 3 is 2.37 bits per heavy atom. The first-order valence-corrected chi connectivity index (χ1v) is 11.6. The van der Waals surface area contributed by atoms with Crippen molar-refractivity contribution in [1.29, 1.82) is 0 Å². The van der Waals surface area contributed by atoms with E-state index in [9.17, 15) is 14.4 Å². The number of nitrogens with zero attached hydrogens (tertiary/aromatic N) is 1. The van der Waals surface area contributed by atoms with Crippen molar-refractivity contribution in [2.24, 2.45) is 0 Å². The van der Waals surface area contributed by atoms with Crippen LogP contribution in [0.1, 0.15) is 16.1 Å². The van der Waals surface area contributed by atoms with E-state index < -0.39 is 17.7 Å². The molecule has 8 nitrogen and oxygen atoms in total. The molecule has 3 N–H and O–H groups in total. The number of benzene rings is 3. The number of hydrogen-bond acceptors (Lipinski definition) is 4. The molecule has 9 heteroatoms. The van der Waals surface area contributed by atoms with Crippen LogP contribution in [0, 0.1) is 0 Å². The van der Waals surface area contributed by atoms with Crippen LogP contribution >= 0.6 is 15.9 Å². The van der Waals surface area contributed by atoms with E-state index in [-0.39, 0.29) is 5.69 Å². The van der Waals surface area contributed by atoms with E-state index in [1.165, 1.54) is 4.68 Å². The Balaban J connectivity index is 1.51. The van der Waals surface area contributed by atoms with Crippen LogP contribution in [0.25, 0.3) is 10.9 Å². The normalized spacial score (nSPS) is 10.6. The fourth-order valence-corrected chi connectivity index (χ4v) is 3.92. The number of rotatable bonds is 7. The number of amides is 3. The smallest absolute Gasteiger partial charge is 0.328 e. The minimum Gasteiger partial charge on any atom is -0.497 e. The number of fused-ring (bicyclic) bond motifs is 1. The molecule has 0 atom stereocenters. The molecule has 0 unspecified atom stereocenters. The summed E-state index contributed by atoms with van der Waals surface area (Å²) in [6, 6.07) is 23.5. The summed E-state index contributed by atoms with van der Waals surface area (Å²) < 4.78 is 7.27. The third-order valence-corrected chi connectivity index (χ3v) is 5.80. The molecule has 0 fully saturated rings. The fraction of sp³-hybridized carbons (Fsp3) is 0.115. The van der Waals surface area contributed by atoms with Crippen molar-refractivity contribution in [3.8, 4) is 5.75 Å². The molecular formula is C26H23BrN4O4. The predicted molar refractivity (Wildman–Crippen MR) is 138 cm³/mol. The van der Waals surface area contributed by atoms with Gasteiger partial charge in [0.15, 0.2) is 0 Å². The molecule has 0 saturated heterocycles. The van der Waals surface area contributed by atoms with Crippen LogP contribution in [0.3, 0.4) is 0 Å². The highest BCUT2D eigenvalue weighted by molar-refractivity contribution is 9.10. The zero-order valence-electron chi connectivity index (χ0n) is 18.9. The van der Waals surface area contributed by atoms with Gasteiger partial charge in [-0.25, -0.2) is 4.68 Å². The van der Waals surface area contributed by atoms with Gasteiger partial charge in [-0.05, 0) is 60.5 Å². The van der Waals surface area contributed by atoms with E-state index >= 15 is 0 Å². The SMILES string of the molecule is COc1ccc(NC(=O)c2cc3cc(Br)ccc3n2NC(=O)C(=O)NCCc2ccccc2)cc1. The maximum atomic E-state index is 13.1. The lowest BCUT2D eigenvalue weighted by Gasteiger charge is -2.13. The average Bonchev–Trinajstić information content (AvgIpc) is 3.22. The predicted octanol–water partition coefficient (Wildman–Crippen LogP) is 4.09. The van der Waals surface area contributed by atoms with Gasteiger partial charge in [0.2, 0.25) is 0 Å². The number of methoxy groups -OCH3 is 1. The Morgan fingerprint density at radius 1 is 0.914 bits per heavy atom. The quantitative estimate of drug-likeness (QED) is 0.311. The molecule has 178 valence electrons. The van der Waals surface area contributed by atoms with Crippen molar-refractivity contribution >= 4 is 50.2 Å². The van der Waals surface area contributed by atoms with Crippen LogP contribution in [-0.2, 0) is 16.0 Å². The van der Waals surface area contributed by atoms with E-state index in [4.69, 9.17) is 4.74 Å². The van der Waals surface area contributed by atoms with Crippen LogP contribution in [0.15, 0.2) is 83.3 Å². The minimum atomic E-state index is -0.878. The third-order valence-electron chi connectivity index (χ3n) is 5.31. The summed E-state index contributed by atoms with van der Waals surface area (Å²) in [5.41, 5.74) is 4.89. The monoisotopic (exact) mass is 534 g/mol. The molecule has 1 heterocycles. The number of nitrogens with one attached hydrogen (secondary N) is 3. The van der Waals surface area contributed by atoms with Gasteiger partial charge in [-0.3, -0.25) is 19.8 Å². The molecule has 0 aliphatic rings. The molecule has 0 spiro atoms. The lowest BCUT2D eigenvalue weighted by molar-refractivity contribution is -0.136.